The summed E-state index contributed by atoms with van der Waals surface area (Å²) in [5.74, 6) is 2.57. The van der Waals surface area contributed by atoms with Crippen LogP contribution in [0.5, 0.6) is 11.5 Å². The molecule has 0 heterocycles. The third kappa shape index (κ3) is 4.78. The number of hydrogen-bond donors (Lipinski definition) is 0. The molecule has 0 saturated heterocycles. The van der Waals surface area contributed by atoms with Crippen molar-refractivity contribution < 1.29 is 9.47 Å². The number of aliphatic imine (C=N–C) groups is 1. The van der Waals surface area contributed by atoms with Gasteiger partial charge in [0.25, 0.3) is 0 Å². The highest BCUT2D eigenvalue weighted by Gasteiger charge is 2.18. The van der Waals surface area contributed by atoms with Gasteiger partial charge in [-0.2, -0.15) is 0 Å². The molecule has 1 aromatic carbocycles. The van der Waals surface area contributed by atoms with Crippen molar-refractivity contribution in [2.45, 2.75) is 38.3 Å². The second kappa shape index (κ2) is 8.09. The van der Waals surface area contributed by atoms with Crippen molar-refractivity contribution in [2.24, 2.45) is 4.99 Å². The van der Waals surface area contributed by atoms with E-state index in [1.165, 1.54) is 12.8 Å². The number of methoxy groups -OCH3 is 1. The summed E-state index contributed by atoms with van der Waals surface area (Å²) >= 11 is 0. The fourth-order valence-electron chi connectivity index (χ4n) is 2.94. The van der Waals surface area contributed by atoms with Crippen LogP contribution in [-0.4, -0.2) is 57.2 Å². The van der Waals surface area contributed by atoms with E-state index in [-0.39, 0.29) is 0 Å². The summed E-state index contributed by atoms with van der Waals surface area (Å²) < 4.78 is 11.6. The first-order valence-electron chi connectivity index (χ1n) is 8.24. The topological polar surface area (TPSA) is 37.3 Å². The van der Waals surface area contributed by atoms with Crippen LogP contribution in [0.4, 0.5) is 0 Å². The van der Waals surface area contributed by atoms with Gasteiger partial charge in [0.05, 0.1) is 19.8 Å². The molecule has 23 heavy (non-hydrogen) atoms. The molecule has 0 aromatic heterocycles. The van der Waals surface area contributed by atoms with Gasteiger partial charge in [0.2, 0.25) is 0 Å². The molecule has 0 N–H and O–H groups in total. The van der Waals surface area contributed by atoms with E-state index in [9.17, 15) is 0 Å². The van der Waals surface area contributed by atoms with Crippen LogP contribution in [0.25, 0.3) is 0 Å². The Balaban J connectivity index is 2.10. The van der Waals surface area contributed by atoms with E-state index >= 15 is 0 Å². The lowest BCUT2D eigenvalue weighted by molar-refractivity contribution is 0.200. The predicted molar refractivity (Wildman–Crippen MR) is 94.4 cm³/mol. The Morgan fingerprint density at radius 2 is 1.74 bits per heavy atom. The smallest absolute Gasteiger partial charge is 0.195 e. The van der Waals surface area contributed by atoms with Crippen molar-refractivity contribution >= 4 is 5.96 Å². The summed E-state index contributed by atoms with van der Waals surface area (Å²) in [4.78, 5) is 8.69. The molecule has 0 aliphatic heterocycles. The van der Waals surface area contributed by atoms with Gasteiger partial charge >= 0.3 is 0 Å². The van der Waals surface area contributed by atoms with Crippen LogP contribution in [0.2, 0.25) is 0 Å². The third-order valence-electron chi connectivity index (χ3n) is 4.03. The molecule has 0 bridgehead atoms. The number of rotatable bonds is 5. The van der Waals surface area contributed by atoms with Gasteiger partial charge in [-0.05, 0) is 43.4 Å². The SMILES string of the molecule is COc1cc(CN=C(N(C)C)N(C)C)ccc1OC1CCCC1. The maximum absolute atomic E-state index is 6.08. The summed E-state index contributed by atoms with van der Waals surface area (Å²) in [6, 6.07) is 6.10. The molecule has 5 heteroatoms. The van der Waals surface area contributed by atoms with Crippen LogP contribution in [0.15, 0.2) is 23.2 Å². The first-order valence-corrected chi connectivity index (χ1v) is 8.24. The molecule has 1 aliphatic carbocycles. The van der Waals surface area contributed by atoms with Crippen molar-refractivity contribution in [1.29, 1.82) is 0 Å². The monoisotopic (exact) mass is 319 g/mol. The van der Waals surface area contributed by atoms with Gasteiger partial charge in [0.1, 0.15) is 0 Å². The van der Waals surface area contributed by atoms with Gasteiger partial charge in [-0.25, -0.2) is 4.99 Å². The van der Waals surface area contributed by atoms with Gasteiger partial charge < -0.3 is 19.3 Å². The van der Waals surface area contributed by atoms with Gasteiger partial charge in [-0.15, -0.1) is 0 Å². The Kier molecular flexibility index (Phi) is 6.13. The summed E-state index contributed by atoms with van der Waals surface area (Å²) in [5, 5.41) is 0. The minimum absolute atomic E-state index is 0.335. The fourth-order valence-corrected chi connectivity index (χ4v) is 2.94. The van der Waals surface area contributed by atoms with Crippen LogP contribution in [0.1, 0.15) is 31.2 Å². The number of hydrogen-bond acceptors (Lipinski definition) is 3. The highest BCUT2D eigenvalue weighted by atomic mass is 16.5. The number of guanidine groups is 1. The lowest BCUT2D eigenvalue weighted by Gasteiger charge is -2.22. The molecule has 0 amide bonds. The summed E-state index contributed by atoms with van der Waals surface area (Å²) in [6.45, 7) is 0.617. The van der Waals surface area contributed by atoms with Crippen LogP contribution >= 0.6 is 0 Å². The molecule has 0 radical (unpaired) electrons. The maximum Gasteiger partial charge on any atom is 0.195 e. The van der Waals surface area contributed by atoms with Crippen LogP contribution in [-0.2, 0) is 6.54 Å². The van der Waals surface area contributed by atoms with Crippen molar-refractivity contribution in [3.05, 3.63) is 23.8 Å². The van der Waals surface area contributed by atoms with Gasteiger partial charge in [-0.1, -0.05) is 6.07 Å². The van der Waals surface area contributed by atoms with E-state index in [4.69, 9.17) is 9.47 Å². The highest BCUT2D eigenvalue weighted by molar-refractivity contribution is 5.79. The van der Waals surface area contributed by atoms with E-state index in [1.807, 2.05) is 50.1 Å². The van der Waals surface area contributed by atoms with Crippen LogP contribution in [0, 0.1) is 0 Å². The standard InChI is InChI=1S/C18H29N3O2/c1-20(2)18(21(3)4)19-13-14-10-11-16(17(12-14)22-5)23-15-8-6-7-9-15/h10-12,15H,6-9,13H2,1-5H3. The zero-order valence-corrected chi connectivity index (χ0v) is 15.0. The van der Waals surface area contributed by atoms with Crippen LogP contribution in [0.3, 0.4) is 0 Å². The molecule has 1 aromatic rings. The van der Waals surface area contributed by atoms with Gasteiger partial charge in [-0.3, -0.25) is 0 Å². The molecule has 2 rings (SSSR count). The number of nitrogens with zero attached hydrogens (tertiary/aromatic N) is 3. The molecule has 0 unspecified atom stereocenters. The Bertz CT molecular complexity index is 525. The van der Waals surface area contributed by atoms with E-state index in [2.05, 4.69) is 11.1 Å². The third-order valence-corrected chi connectivity index (χ3v) is 4.03. The first kappa shape index (κ1) is 17.4. The zero-order chi connectivity index (χ0) is 16.8. The largest absolute Gasteiger partial charge is 0.493 e. The molecule has 5 nitrogen and oxygen atoms in total. The summed E-state index contributed by atoms with van der Waals surface area (Å²) in [6.07, 6.45) is 5.14. The Morgan fingerprint density at radius 3 is 2.30 bits per heavy atom. The Labute approximate surface area is 139 Å². The maximum atomic E-state index is 6.08. The second-order valence-corrected chi connectivity index (χ2v) is 6.41. The normalized spacial score (nSPS) is 14.5. The lowest BCUT2D eigenvalue weighted by Crippen LogP contribution is -2.35. The molecular weight excluding hydrogens is 290 g/mol. The molecule has 128 valence electrons. The Hall–Kier alpha value is -1.91. The molecule has 0 spiro atoms. The minimum Gasteiger partial charge on any atom is -0.493 e. The minimum atomic E-state index is 0.335. The van der Waals surface area contributed by atoms with Crippen molar-refractivity contribution in [1.82, 2.24) is 9.80 Å². The van der Waals surface area contributed by atoms with E-state index in [0.717, 1.165) is 35.9 Å². The Morgan fingerprint density at radius 1 is 1.09 bits per heavy atom. The zero-order valence-electron chi connectivity index (χ0n) is 15.0. The van der Waals surface area contributed by atoms with E-state index in [0.29, 0.717) is 12.6 Å². The van der Waals surface area contributed by atoms with Gasteiger partial charge in [0.15, 0.2) is 17.5 Å². The molecular formula is C18H29N3O2. The molecule has 0 atom stereocenters. The van der Waals surface area contributed by atoms with Gasteiger partial charge in [0, 0.05) is 28.2 Å². The molecule has 1 aliphatic rings. The van der Waals surface area contributed by atoms with Crippen molar-refractivity contribution in [2.75, 3.05) is 35.3 Å². The van der Waals surface area contributed by atoms with Crippen molar-refractivity contribution in [3.8, 4) is 11.5 Å². The number of ether oxygens (including phenoxy) is 2. The fraction of sp³-hybridized carbons (Fsp3) is 0.611. The average Bonchev–Trinajstić information content (AvgIpc) is 3.01. The summed E-state index contributed by atoms with van der Waals surface area (Å²) in [5.41, 5.74) is 1.11. The van der Waals surface area contributed by atoms with Crippen molar-refractivity contribution in [3.63, 3.8) is 0 Å². The first-order chi connectivity index (χ1) is 11.0. The van der Waals surface area contributed by atoms with E-state index < -0.39 is 0 Å². The molecule has 1 saturated carbocycles. The average molecular weight is 319 g/mol. The highest BCUT2D eigenvalue weighted by Crippen LogP contribution is 2.32. The van der Waals surface area contributed by atoms with E-state index in [1.54, 1.807) is 7.11 Å². The summed E-state index contributed by atoms with van der Waals surface area (Å²) in [7, 11) is 9.68. The van der Waals surface area contributed by atoms with Crippen LogP contribution < -0.4 is 9.47 Å². The lowest BCUT2D eigenvalue weighted by atomic mass is 10.2. The number of benzene rings is 1. The quantitative estimate of drug-likeness (QED) is 0.617. The molecule has 1 fully saturated rings. The second-order valence-electron chi connectivity index (χ2n) is 6.41. The predicted octanol–water partition coefficient (Wildman–Crippen LogP) is 3.00.